The van der Waals surface area contributed by atoms with Crippen LogP contribution in [-0.4, -0.2) is 38.5 Å². The maximum absolute atomic E-state index is 8.47. The molecule has 0 saturated heterocycles. The molecule has 0 spiro atoms. The van der Waals surface area contributed by atoms with E-state index in [1.807, 2.05) is 7.11 Å². The van der Waals surface area contributed by atoms with E-state index in [0.717, 1.165) is 32.0 Å². The summed E-state index contributed by atoms with van der Waals surface area (Å²) in [5, 5.41) is 11.8. The molecule has 0 heterocycles. The van der Waals surface area contributed by atoms with Crippen LogP contribution in [0.2, 0.25) is 0 Å². The van der Waals surface area contributed by atoms with Crippen LogP contribution in [0.3, 0.4) is 0 Å². The highest BCUT2D eigenvalue weighted by Gasteiger charge is 2.08. The molecule has 0 bridgehead atoms. The lowest BCUT2D eigenvalue weighted by Crippen LogP contribution is -2.17. The molecule has 0 saturated carbocycles. The monoisotopic (exact) mass is 429 g/mol. The molecular weight excluding hydrogens is 370 g/mol. The van der Waals surface area contributed by atoms with Crippen molar-refractivity contribution >= 4 is 0 Å². The number of ether oxygens (including phenoxy) is 1. The number of nitrogens with one attached hydrogen (secondary N) is 1. The van der Waals surface area contributed by atoms with Crippen molar-refractivity contribution in [3.63, 3.8) is 0 Å². The molecule has 0 aromatic rings. The normalized spacial score (nSPS) is 11.9. The summed E-state index contributed by atoms with van der Waals surface area (Å²) in [7, 11) is 1.83. The summed E-state index contributed by atoms with van der Waals surface area (Å²) in [6.45, 7) is 10.1. The lowest BCUT2D eigenvalue weighted by atomic mass is 9.92. The van der Waals surface area contributed by atoms with E-state index in [1.165, 1.54) is 109 Å². The molecule has 0 amide bonds. The van der Waals surface area contributed by atoms with Gasteiger partial charge in [-0.3, -0.25) is 0 Å². The van der Waals surface area contributed by atoms with Crippen molar-refractivity contribution in [2.24, 2.45) is 5.92 Å². The Kier molecular flexibility index (Phi) is 33.2. The second-order valence-electron chi connectivity index (χ2n) is 8.94. The molecular formula is C27H59NO2. The highest BCUT2D eigenvalue weighted by Crippen LogP contribution is 2.21. The summed E-state index contributed by atoms with van der Waals surface area (Å²) in [5.74, 6) is 0.919. The van der Waals surface area contributed by atoms with Crippen LogP contribution in [0.4, 0.5) is 0 Å². The van der Waals surface area contributed by atoms with E-state index in [9.17, 15) is 0 Å². The maximum atomic E-state index is 8.47. The quantitative estimate of drug-likeness (QED) is 0.162. The van der Waals surface area contributed by atoms with Gasteiger partial charge in [0, 0.05) is 20.3 Å². The second-order valence-corrected chi connectivity index (χ2v) is 8.94. The van der Waals surface area contributed by atoms with Gasteiger partial charge in [-0.15, -0.1) is 0 Å². The summed E-state index contributed by atoms with van der Waals surface area (Å²) in [5.41, 5.74) is 0. The van der Waals surface area contributed by atoms with Crippen molar-refractivity contribution in [3.05, 3.63) is 0 Å². The van der Waals surface area contributed by atoms with Crippen molar-refractivity contribution in [3.8, 4) is 0 Å². The van der Waals surface area contributed by atoms with Crippen LogP contribution in [0, 0.1) is 5.92 Å². The maximum Gasteiger partial charge on any atom is 0.0464 e. The molecule has 184 valence electrons. The summed E-state index contributed by atoms with van der Waals surface area (Å²) >= 11 is 0. The van der Waals surface area contributed by atoms with Crippen LogP contribution in [0.25, 0.3) is 0 Å². The van der Waals surface area contributed by atoms with Gasteiger partial charge in [-0.25, -0.2) is 0 Å². The first-order valence-electron chi connectivity index (χ1n) is 13.6. The predicted octanol–water partition coefficient (Wildman–Crippen LogP) is 7.90. The molecule has 0 aliphatic heterocycles. The van der Waals surface area contributed by atoms with E-state index in [-0.39, 0.29) is 0 Å². The fourth-order valence-corrected chi connectivity index (χ4v) is 3.80. The lowest BCUT2D eigenvalue weighted by molar-refractivity contribution is 0.170. The number of aliphatic hydroxyl groups is 1. The topological polar surface area (TPSA) is 41.5 Å². The number of hydrogen-bond acceptors (Lipinski definition) is 3. The molecule has 3 nitrogen and oxygen atoms in total. The van der Waals surface area contributed by atoms with Crippen molar-refractivity contribution in [1.29, 1.82) is 0 Å². The third kappa shape index (κ3) is 30.1. The Balaban J connectivity index is 0. The van der Waals surface area contributed by atoms with E-state index in [0.29, 0.717) is 6.61 Å². The smallest absolute Gasteiger partial charge is 0.0464 e. The van der Waals surface area contributed by atoms with Crippen LogP contribution < -0.4 is 5.32 Å². The number of unbranched alkanes of at least 4 members (excludes halogenated alkanes) is 11. The number of hydrogen-bond donors (Lipinski definition) is 2. The Morgan fingerprint density at radius 2 is 1.07 bits per heavy atom. The Morgan fingerprint density at radius 3 is 1.60 bits per heavy atom. The molecule has 3 heteroatoms. The van der Waals surface area contributed by atoms with Crippen molar-refractivity contribution in [2.45, 2.75) is 136 Å². The molecule has 0 rings (SSSR count). The van der Waals surface area contributed by atoms with E-state index in [4.69, 9.17) is 9.84 Å². The third-order valence-electron chi connectivity index (χ3n) is 5.88. The van der Waals surface area contributed by atoms with Gasteiger partial charge in [0.2, 0.25) is 0 Å². The number of aliphatic hydroxyl groups excluding tert-OH is 1. The van der Waals surface area contributed by atoms with Gasteiger partial charge in [-0.2, -0.15) is 0 Å². The van der Waals surface area contributed by atoms with E-state index < -0.39 is 0 Å². The summed E-state index contributed by atoms with van der Waals surface area (Å²) in [6, 6.07) is 0. The Morgan fingerprint density at radius 1 is 0.600 bits per heavy atom. The van der Waals surface area contributed by atoms with E-state index >= 15 is 0 Å². The largest absolute Gasteiger partial charge is 0.396 e. The van der Waals surface area contributed by atoms with Crippen molar-refractivity contribution in [2.75, 3.05) is 33.4 Å². The minimum Gasteiger partial charge on any atom is -0.396 e. The minimum atomic E-state index is 0.308. The van der Waals surface area contributed by atoms with E-state index in [1.54, 1.807) is 0 Å². The van der Waals surface area contributed by atoms with Gasteiger partial charge >= 0.3 is 0 Å². The molecule has 0 aliphatic carbocycles. The molecule has 1 unspecified atom stereocenters. The van der Waals surface area contributed by atoms with Crippen LogP contribution in [-0.2, 0) is 4.74 Å². The van der Waals surface area contributed by atoms with Gasteiger partial charge in [0.1, 0.15) is 0 Å². The summed E-state index contributed by atoms with van der Waals surface area (Å²) < 4.78 is 5.26. The summed E-state index contributed by atoms with van der Waals surface area (Å²) in [6.07, 6.45) is 24.4. The molecule has 2 N–H and O–H groups in total. The SMILES string of the molecule is CCCCCCCCC(CCCCCC)CCOC.CCCCCCNCCCO. The zero-order valence-electron chi connectivity index (χ0n) is 21.5. The molecule has 0 aromatic heterocycles. The highest BCUT2D eigenvalue weighted by molar-refractivity contribution is 4.61. The first kappa shape index (κ1) is 32.1. The van der Waals surface area contributed by atoms with Crippen LogP contribution in [0.5, 0.6) is 0 Å². The van der Waals surface area contributed by atoms with Crippen molar-refractivity contribution < 1.29 is 9.84 Å². The Labute approximate surface area is 191 Å². The molecule has 0 aliphatic rings. The standard InChI is InChI=1S/C18H38O.C9H21NO/c1-4-6-8-10-11-13-15-18(16-17-19-3)14-12-9-7-5-2;1-2-3-4-5-7-10-8-6-9-11/h18H,4-17H2,1-3H3;10-11H,2-9H2,1H3. The van der Waals surface area contributed by atoms with Gasteiger partial charge in [0.15, 0.2) is 0 Å². The molecule has 0 radical (unpaired) electrons. The summed E-state index contributed by atoms with van der Waals surface area (Å²) in [4.78, 5) is 0. The molecule has 0 aromatic carbocycles. The lowest BCUT2D eigenvalue weighted by Gasteiger charge is -2.16. The van der Waals surface area contributed by atoms with E-state index in [2.05, 4.69) is 26.1 Å². The molecule has 30 heavy (non-hydrogen) atoms. The Hall–Kier alpha value is -0.120. The van der Waals surface area contributed by atoms with Gasteiger partial charge < -0.3 is 15.2 Å². The predicted molar refractivity (Wildman–Crippen MR) is 135 cm³/mol. The minimum absolute atomic E-state index is 0.308. The zero-order valence-corrected chi connectivity index (χ0v) is 21.5. The van der Waals surface area contributed by atoms with Gasteiger partial charge in [0.25, 0.3) is 0 Å². The van der Waals surface area contributed by atoms with Crippen LogP contribution in [0.1, 0.15) is 136 Å². The van der Waals surface area contributed by atoms with Crippen molar-refractivity contribution in [1.82, 2.24) is 5.32 Å². The number of methoxy groups -OCH3 is 1. The fraction of sp³-hybridized carbons (Fsp3) is 1.00. The average molecular weight is 430 g/mol. The molecule has 1 atom stereocenters. The van der Waals surface area contributed by atoms with Crippen LogP contribution in [0.15, 0.2) is 0 Å². The highest BCUT2D eigenvalue weighted by atomic mass is 16.5. The first-order chi connectivity index (χ1) is 14.8. The fourth-order valence-electron chi connectivity index (χ4n) is 3.80. The molecule has 0 fully saturated rings. The van der Waals surface area contributed by atoms with Gasteiger partial charge in [-0.05, 0) is 38.3 Å². The Bertz CT molecular complexity index is 266. The number of rotatable bonds is 23. The average Bonchev–Trinajstić information content (AvgIpc) is 2.76. The third-order valence-corrected chi connectivity index (χ3v) is 5.88. The first-order valence-corrected chi connectivity index (χ1v) is 13.6. The zero-order chi connectivity index (χ0) is 22.5. The van der Waals surface area contributed by atoms with Crippen LogP contribution >= 0.6 is 0 Å². The van der Waals surface area contributed by atoms with Gasteiger partial charge in [0.05, 0.1) is 0 Å². The second kappa shape index (κ2) is 31.1. The van der Waals surface area contributed by atoms with Gasteiger partial charge in [-0.1, -0.05) is 117 Å².